The van der Waals surface area contributed by atoms with Crippen molar-refractivity contribution in [3.05, 3.63) is 48.0 Å². The lowest BCUT2D eigenvalue weighted by molar-refractivity contribution is 0.0230. The summed E-state index contributed by atoms with van der Waals surface area (Å²) in [6.07, 6.45) is 3.19. The molecule has 0 spiro atoms. The first-order chi connectivity index (χ1) is 15.8. The minimum Gasteiger partial charge on any atom is -0.486 e. The second-order valence-corrected chi connectivity index (χ2v) is 8.86. The fraction of sp³-hybridized carbons (Fsp3) is 0.552. The van der Waals surface area contributed by atoms with E-state index in [0.717, 1.165) is 43.5 Å². The molecular formula is C29H44N2O2. The van der Waals surface area contributed by atoms with Gasteiger partial charge in [-0.15, -0.1) is 0 Å². The zero-order valence-corrected chi connectivity index (χ0v) is 22.1. The van der Waals surface area contributed by atoms with E-state index in [1.54, 1.807) is 0 Å². The van der Waals surface area contributed by atoms with Crippen molar-refractivity contribution in [2.45, 2.75) is 86.4 Å². The van der Waals surface area contributed by atoms with Crippen molar-refractivity contribution < 1.29 is 9.47 Å². The Hall–Kier alpha value is -2.51. The summed E-state index contributed by atoms with van der Waals surface area (Å²) < 4.78 is 12.0. The van der Waals surface area contributed by atoms with Gasteiger partial charge in [0.1, 0.15) is 23.0 Å². The number of hydrogen-bond donors (Lipinski definition) is 0. The van der Waals surface area contributed by atoms with Gasteiger partial charge in [-0.3, -0.25) is 0 Å². The molecule has 33 heavy (non-hydrogen) atoms. The topological polar surface area (TPSA) is 45.5 Å². The van der Waals surface area contributed by atoms with Crippen LogP contribution in [-0.2, 0) is 4.74 Å². The Morgan fingerprint density at radius 3 is 2.09 bits per heavy atom. The van der Waals surface area contributed by atoms with Crippen LogP contribution in [-0.4, -0.2) is 31.4 Å². The van der Waals surface area contributed by atoms with Crippen LogP contribution in [0.1, 0.15) is 80.2 Å². The summed E-state index contributed by atoms with van der Waals surface area (Å²) in [6, 6.07) is 16.7. The standard InChI is InChI=1S/C27H38N2O2.C2H6/c1-7-17-29(18-8-2)23-14-12-22(13-15-23)24-10-9-11-26(25(24)20-28)31-27(5,6)16-19-30-21(3)4;1-2/h9-15,21H,7-8,16-19H2,1-6H3;1-2H3. The van der Waals surface area contributed by atoms with Crippen LogP contribution in [0.2, 0.25) is 0 Å². The predicted octanol–water partition coefficient (Wildman–Crippen LogP) is 7.85. The minimum absolute atomic E-state index is 0.197. The van der Waals surface area contributed by atoms with Crippen molar-refractivity contribution in [3.63, 3.8) is 0 Å². The normalized spacial score (nSPS) is 10.9. The van der Waals surface area contributed by atoms with Gasteiger partial charge < -0.3 is 14.4 Å². The Labute approximate surface area is 202 Å². The molecule has 0 unspecified atom stereocenters. The van der Waals surface area contributed by atoms with Crippen molar-refractivity contribution >= 4 is 5.69 Å². The molecule has 0 radical (unpaired) electrons. The van der Waals surface area contributed by atoms with Gasteiger partial charge in [-0.2, -0.15) is 5.26 Å². The largest absolute Gasteiger partial charge is 0.486 e. The molecule has 2 rings (SSSR count). The average Bonchev–Trinajstić information content (AvgIpc) is 2.79. The molecule has 0 saturated heterocycles. The van der Waals surface area contributed by atoms with Crippen molar-refractivity contribution in [1.29, 1.82) is 5.26 Å². The van der Waals surface area contributed by atoms with Gasteiger partial charge in [0.2, 0.25) is 0 Å². The maximum absolute atomic E-state index is 9.93. The molecule has 0 fully saturated rings. The second kappa shape index (κ2) is 14.6. The van der Waals surface area contributed by atoms with Crippen LogP contribution in [0.4, 0.5) is 5.69 Å². The molecule has 0 saturated carbocycles. The number of hydrogen-bond acceptors (Lipinski definition) is 4. The maximum Gasteiger partial charge on any atom is 0.138 e. The first-order valence-electron chi connectivity index (χ1n) is 12.5. The van der Waals surface area contributed by atoms with Crippen LogP contribution >= 0.6 is 0 Å². The Bertz CT molecular complexity index is 845. The molecule has 0 atom stereocenters. The maximum atomic E-state index is 9.93. The average molecular weight is 453 g/mol. The SMILES string of the molecule is CC.CCCN(CCC)c1ccc(-c2cccc(OC(C)(C)CCOC(C)C)c2C#N)cc1. The molecule has 4 nitrogen and oxygen atoms in total. The number of ether oxygens (including phenoxy) is 2. The van der Waals surface area contributed by atoms with Crippen molar-refractivity contribution in [3.8, 4) is 22.9 Å². The van der Waals surface area contributed by atoms with Gasteiger partial charge in [0.15, 0.2) is 0 Å². The highest BCUT2D eigenvalue weighted by molar-refractivity contribution is 5.75. The molecular weight excluding hydrogens is 408 g/mol. The van der Waals surface area contributed by atoms with Crippen LogP contribution in [0.15, 0.2) is 42.5 Å². The zero-order chi connectivity index (χ0) is 24.9. The van der Waals surface area contributed by atoms with Crippen molar-refractivity contribution in [2.24, 2.45) is 0 Å². The number of nitrogens with zero attached hydrogens (tertiary/aromatic N) is 2. The quantitative estimate of drug-likeness (QED) is 0.329. The van der Waals surface area contributed by atoms with Gasteiger partial charge >= 0.3 is 0 Å². The smallest absolute Gasteiger partial charge is 0.138 e. The van der Waals surface area contributed by atoms with Crippen LogP contribution in [0, 0.1) is 11.3 Å². The third-order valence-electron chi connectivity index (χ3n) is 5.21. The van der Waals surface area contributed by atoms with E-state index in [0.29, 0.717) is 17.9 Å². The summed E-state index contributed by atoms with van der Waals surface area (Å²) in [6.45, 7) is 19.3. The molecule has 0 aliphatic heterocycles. The summed E-state index contributed by atoms with van der Waals surface area (Å²) in [5.41, 5.74) is 3.30. The highest BCUT2D eigenvalue weighted by Gasteiger charge is 2.23. The summed E-state index contributed by atoms with van der Waals surface area (Å²) in [5.74, 6) is 0.622. The molecule has 2 aromatic rings. The molecule has 0 aromatic heterocycles. The summed E-state index contributed by atoms with van der Waals surface area (Å²) in [5, 5.41) is 9.93. The second-order valence-electron chi connectivity index (χ2n) is 8.86. The van der Waals surface area contributed by atoms with Gasteiger partial charge in [0.25, 0.3) is 0 Å². The Balaban J connectivity index is 0.00000265. The Morgan fingerprint density at radius 1 is 0.970 bits per heavy atom. The summed E-state index contributed by atoms with van der Waals surface area (Å²) >= 11 is 0. The van der Waals surface area contributed by atoms with E-state index in [1.165, 1.54) is 5.69 Å². The minimum atomic E-state index is -0.427. The van der Waals surface area contributed by atoms with E-state index in [2.05, 4.69) is 49.1 Å². The molecule has 0 bridgehead atoms. The van der Waals surface area contributed by atoms with Gasteiger partial charge in [0.05, 0.1) is 12.7 Å². The Morgan fingerprint density at radius 2 is 1.58 bits per heavy atom. The van der Waals surface area contributed by atoms with E-state index in [9.17, 15) is 5.26 Å². The Kier molecular flexibility index (Phi) is 12.6. The monoisotopic (exact) mass is 452 g/mol. The number of nitriles is 1. The highest BCUT2D eigenvalue weighted by Crippen LogP contribution is 2.33. The van der Waals surface area contributed by atoms with Gasteiger partial charge in [-0.1, -0.05) is 52.0 Å². The van der Waals surface area contributed by atoms with Gasteiger partial charge in [-0.25, -0.2) is 0 Å². The van der Waals surface area contributed by atoms with E-state index in [4.69, 9.17) is 9.47 Å². The first-order valence-corrected chi connectivity index (χ1v) is 12.5. The molecule has 0 heterocycles. The predicted molar refractivity (Wildman–Crippen MR) is 141 cm³/mol. The van der Waals surface area contributed by atoms with E-state index < -0.39 is 5.60 Å². The molecule has 4 heteroatoms. The van der Waals surface area contributed by atoms with Crippen LogP contribution in [0.5, 0.6) is 5.75 Å². The third kappa shape index (κ3) is 9.10. The van der Waals surface area contributed by atoms with Crippen LogP contribution in [0.25, 0.3) is 11.1 Å². The lowest BCUT2D eigenvalue weighted by Gasteiger charge is -2.28. The zero-order valence-electron chi connectivity index (χ0n) is 22.1. The third-order valence-corrected chi connectivity index (χ3v) is 5.21. The fourth-order valence-electron chi connectivity index (χ4n) is 3.62. The van der Waals surface area contributed by atoms with E-state index in [1.807, 2.05) is 59.7 Å². The molecule has 0 aliphatic carbocycles. The summed E-state index contributed by atoms with van der Waals surface area (Å²) in [7, 11) is 0. The summed E-state index contributed by atoms with van der Waals surface area (Å²) in [4.78, 5) is 2.41. The molecule has 0 amide bonds. The van der Waals surface area contributed by atoms with E-state index >= 15 is 0 Å². The first kappa shape index (κ1) is 28.5. The lowest BCUT2D eigenvalue weighted by atomic mass is 9.98. The lowest BCUT2D eigenvalue weighted by Crippen LogP contribution is -2.30. The number of anilines is 1. The molecule has 182 valence electrons. The highest BCUT2D eigenvalue weighted by atomic mass is 16.5. The van der Waals surface area contributed by atoms with Crippen LogP contribution in [0.3, 0.4) is 0 Å². The van der Waals surface area contributed by atoms with Crippen molar-refractivity contribution in [2.75, 3.05) is 24.6 Å². The van der Waals surface area contributed by atoms with Gasteiger partial charge in [-0.05, 0) is 64.3 Å². The molecule has 0 N–H and O–H groups in total. The van der Waals surface area contributed by atoms with Crippen molar-refractivity contribution in [1.82, 2.24) is 0 Å². The number of benzene rings is 2. The van der Waals surface area contributed by atoms with E-state index in [-0.39, 0.29) is 6.10 Å². The molecule has 2 aromatic carbocycles. The van der Waals surface area contributed by atoms with Gasteiger partial charge in [0, 0.05) is 30.8 Å². The van der Waals surface area contributed by atoms with Crippen LogP contribution < -0.4 is 9.64 Å². The molecule has 0 aliphatic rings. The fourth-order valence-corrected chi connectivity index (χ4v) is 3.62. The number of rotatable bonds is 12.